The molecular formula is C19H31N5O3S. The second kappa shape index (κ2) is 8.34. The molecule has 0 N–H and O–H groups in total. The second-order valence-corrected chi connectivity index (χ2v) is 9.51. The predicted molar refractivity (Wildman–Crippen MR) is 107 cm³/mol. The lowest BCUT2D eigenvalue weighted by molar-refractivity contribution is 0.184. The molecule has 0 bridgehead atoms. The number of piperidine rings is 1. The van der Waals surface area contributed by atoms with Gasteiger partial charge in [0.15, 0.2) is 0 Å². The highest BCUT2D eigenvalue weighted by Crippen LogP contribution is 2.28. The van der Waals surface area contributed by atoms with Crippen LogP contribution in [0.5, 0.6) is 0 Å². The lowest BCUT2D eigenvalue weighted by Crippen LogP contribution is -2.39. The van der Waals surface area contributed by atoms with Crippen molar-refractivity contribution in [3.63, 3.8) is 0 Å². The predicted octanol–water partition coefficient (Wildman–Crippen LogP) is 1.83. The SMILES string of the molecule is COCCn1c(C)cnc1CC1CCN(S(=O)(=O)c2c(C)nn(C)c2C)CC1. The van der Waals surface area contributed by atoms with Gasteiger partial charge in [-0.2, -0.15) is 9.40 Å². The Balaban J connectivity index is 1.67. The van der Waals surface area contributed by atoms with Crippen LogP contribution in [0.2, 0.25) is 0 Å². The van der Waals surface area contributed by atoms with Crippen LogP contribution in [-0.4, -0.2) is 58.9 Å². The van der Waals surface area contributed by atoms with Gasteiger partial charge in [-0.25, -0.2) is 13.4 Å². The summed E-state index contributed by atoms with van der Waals surface area (Å²) >= 11 is 0. The Bertz CT molecular complexity index is 924. The molecule has 9 heteroatoms. The number of hydrogen-bond acceptors (Lipinski definition) is 5. The average molecular weight is 410 g/mol. The van der Waals surface area contributed by atoms with Crippen LogP contribution in [0.3, 0.4) is 0 Å². The topological polar surface area (TPSA) is 82.2 Å². The summed E-state index contributed by atoms with van der Waals surface area (Å²) in [4.78, 5) is 4.93. The first-order chi connectivity index (χ1) is 13.3. The number of aromatic nitrogens is 4. The van der Waals surface area contributed by atoms with Crippen molar-refractivity contribution in [3.05, 3.63) is 29.1 Å². The third kappa shape index (κ3) is 4.01. The van der Waals surface area contributed by atoms with Gasteiger partial charge in [0, 0.05) is 52.1 Å². The molecule has 2 aromatic heterocycles. The molecule has 0 saturated carbocycles. The van der Waals surface area contributed by atoms with Gasteiger partial charge in [-0.05, 0) is 39.5 Å². The number of nitrogens with zero attached hydrogens (tertiary/aromatic N) is 5. The van der Waals surface area contributed by atoms with Crippen molar-refractivity contribution in [1.82, 2.24) is 23.6 Å². The highest BCUT2D eigenvalue weighted by Gasteiger charge is 2.33. The molecular weight excluding hydrogens is 378 g/mol. The third-order valence-electron chi connectivity index (χ3n) is 5.74. The number of hydrogen-bond donors (Lipinski definition) is 0. The van der Waals surface area contributed by atoms with Gasteiger partial charge in [0.25, 0.3) is 0 Å². The van der Waals surface area contributed by atoms with Crippen molar-refractivity contribution in [3.8, 4) is 0 Å². The summed E-state index contributed by atoms with van der Waals surface area (Å²) in [6, 6.07) is 0. The highest BCUT2D eigenvalue weighted by atomic mass is 32.2. The molecule has 0 aliphatic carbocycles. The summed E-state index contributed by atoms with van der Waals surface area (Å²) in [6.45, 7) is 8.16. The van der Waals surface area contributed by atoms with Crippen LogP contribution in [0.4, 0.5) is 0 Å². The normalized spacial score (nSPS) is 16.8. The Morgan fingerprint density at radius 3 is 2.46 bits per heavy atom. The molecule has 0 radical (unpaired) electrons. The zero-order valence-electron chi connectivity index (χ0n) is 17.5. The van der Waals surface area contributed by atoms with Gasteiger partial charge in [-0.1, -0.05) is 0 Å². The van der Waals surface area contributed by atoms with E-state index in [9.17, 15) is 8.42 Å². The molecule has 2 aromatic rings. The summed E-state index contributed by atoms with van der Waals surface area (Å²) < 4.78 is 36.9. The van der Waals surface area contributed by atoms with Gasteiger partial charge in [-0.3, -0.25) is 4.68 Å². The number of methoxy groups -OCH3 is 1. The van der Waals surface area contributed by atoms with Crippen molar-refractivity contribution in [2.24, 2.45) is 13.0 Å². The van der Waals surface area contributed by atoms with E-state index in [1.807, 2.05) is 13.1 Å². The molecule has 1 aliphatic heterocycles. The summed E-state index contributed by atoms with van der Waals surface area (Å²) in [5.74, 6) is 1.50. The average Bonchev–Trinajstić information content (AvgIpc) is 3.12. The fraction of sp³-hybridized carbons (Fsp3) is 0.684. The number of imidazole rings is 1. The molecule has 3 rings (SSSR count). The van der Waals surface area contributed by atoms with Crippen LogP contribution < -0.4 is 0 Å². The van der Waals surface area contributed by atoms with E-state index < -0.39 is 10.0 Å². The Morgan fingerprint density at radius 2 is 1.89 bits per heavy atom. The van der Waals surface area contributed by atoms with Crippen LogP contribution in [0, 0.1) is 26.7 Å². The van der Waals surface area contributed by atoms with Gasteiger partial charge >= 0.3 is 0 Å². The molecule has 3 heterocycles. The number of ether oxygens (including phenoxy) is 1. The quantitative estimate of drug-likeness (QED) is 0.697. The van der Waals surface area contributed by atoms with Gasteiger partial charge in [0.05, 0.1) is 18.0 Å². The third-order valence-corrected chi connectivity index (χ3v) is 7.89. The zero-order valence-corrected chi connectivity index (χ0v) is 18.3. The molecule has 28 heavy (non-hydrogen) atoms. The minimum Gasteiger partial charge on any atom is -0.383 e. The molecule has 1 saturated heterocycles. The molecule has 0 amide bonds. The number of rotatable bonds is 7. The Kier molecular flexibility index (Phi) is 6.26. The van der Waals surface area contributed by atoms with Crippen molar-refractivity contribution < 1.29 is 13.2 Å². The Hall–Kier alpha value is -1.71. The molecule has 0 atom stereocenters. The molecule has 0 unspecified atom stereocenters. The van der Waals surface area contributed by atoms with Crippen molar-refractivity contribution in [2.45, 2.75) is 51.5 Å². The molecule has 8 nitrogen and oxygen atoms in total. The summed E-state index contributed by atoms with van der Waals surface area (Å²) in [5, 5.41) is 4.27. The lowest BCUT2D eigenvalue weighted by atomic mass is 9.94. The fourth-order valence-corrected chi connectivity index (χ4v) is 5.90. The van der Waals surface area contributed by atoms with E-state index in [-0.39, 0.29) is 0 Å². The van der Waals surface area contributed by atoms with Crippen molar-refractivity contribution in [1.29, 1.82) is 0 Å². The van der Waals surface area contributed by atoms with E-state index in [1.54, 1.807) is 30.1 Å². The van der Waals surface area contributed by atoms with E-state index in [2.05, 4.69) is 21.6 Å². The van der Waals surface area contributed by atoms with Crippen LogP contribution in [-0.2, 0) is 34.8 Å². The maximum absolute atomic E-state index is 13.1. The van der Waals surface area contributed by atoms with Gasteiger partial charge in [0.2, 0.25) is 10.0 Å². The Morgan fingerprint density at radius 1 is 1.21 bits per heavy atom. The summed E-state index contributed by atoms with van der Waals surface area (Å²) in [6.07, 6.45) is 4.45. The Labute approximate surface area is 167 Å². The minimum absolute atomic E-state index is 0.360. The molecule has 0 spiro atoms. The summed E-state index contributed by atoms with van der Waals surface area (Å²) in [5.41, 5.74) is 2.39. The molecule has 0 aromatic carbocycles. The minimum atomic E-state index is -3.50. The molecule has 1 fully saturated rings. The van der Waals surface area contributed by atoms with E-state index >= 15 is 0 Å². The van der Waals surface area contributed by atoms with Gasteiger partial charge in [0.1, 0.15) is 10.7 Å². The van der Waals surface area contributed by atoms with E-state index in [0.29, 0.717) is 41.9 Å². The van der Waals surface area contributed by atoms with Gasteiger partial charge < -0.3 is 9.30 Å². The van der Waals surface area contributed by atoms with Gasteiger partial charge in [-0.15, -0.1) is 0 Å². The monoisotopic (exact) mass is 409 g/mol. The first-order valence-electron chi connectivity index (χ1n) is 9.76. The maximum Gasteiger partial charge on any atom is 0.246 e. The van der Waals surface area contributed by atoms with Crippen LogP contribution >= 0.6 is 0 Å². The van der Waals surface area contributed by atoms with Crippen LogP contribution in [0.1, 0.15) is 35.7 Å². The molecule has 156 valence electrons. The second-order valence-electron chi connectivity index (χ2n) is 7.64. The summed E-state index contributed by atoms with van der Waals surface area (Å²) in [7, 11) is -0.0210. The number of aryl methyl sites for hydroxylation is 3. The smallest absolute Gasteiger partial charge is 0.246 e. The number of sulfonamides is 1. The first kappa shape index (κ1) is 21.0. The van der Waals surface area contributed by atoms with Crippen molar-refractivity contribution in [2.75, 3.05) is 26.8 Å². The van der Waals surface area contributed by atoms with Crippen LogP contribution in [0.25, 0.3) is 0 Å². The maximum atomic E-state index is 13.1. The first-order valence-corrected chi connectivity index (χ1v) is 11.2. The van der Waals surface area contributed by atoms with E-state index in [4.69, 9.17) is 4.74 Å². The molecule has 1 aliphatic rings. The van der Waals surface area contributed by atoms with Crippen molar-refractivity contribution >= 4 is 10.0 Å². The van der Waals surface area contributed by atoms with E-state index in [1.165, 1.54) is 0 Å². The largest absolute Gasteiger partial charge is 0.383 e. The lowest BCUT2D eigenvalue weighted by Gasteiger charge is -2.31. The zero-order chi connectivity index (χ0) is 20.5. The fourth-order valence-electron chi connectivity index (χ4n) is 4.03. The standard InChI is InChI=1S/C19H31N5O3S/c1-14-13-20-18(24(14)10-11-27-5)12-17-6-8-23(9-7-17)28(25,26)19-15(2)21-22(4)16(19)3/h13,17H,6-12H2,1-5H3. The van der Waals surface area contributed by atoms with Crippen LogP contribution in [0.15, 0.2) is 11.1 Å². The highest BCUT2D eigenvalue weighted by molar-refractivity contribution is 7.89. The van der Waals surface area contributed by atoms with E-state index in [0.717, 1.165) is 37.3 Å².